The molecule has 110 valence electrons. The van der Waals surface area contributed by atoms with Crippen molar-refractivity contribution in [2.45, 2.75) is 6.18 Å². The fourth-order valence-electron chi connectivity index (χ4n) is 2.11. The molecule has 0 saturated heterocycles. The molecule has 3 rings (SSSR count). The summed E-state index contributed by atoms with van der Waals surface area (Å²) >= 11 is 0. The van der Waals surface area contributed by atoms with Crippen LogP contribution >= 0.6 is 0 Å². The molecule has 2 aromatic heterocycles. The normalized spacial score (nSPS) is 11.4. The lowest BCUT2D eigenvalue weighted by Crippen LogP contribution is -2.07. The number of furan rings is 1. The van der Waals surface area contributed by atoms with Gasteiger partial charge < -0.3 is 4.42 Å². The van der Waals surface area contributed by atoms with E-state index in [0.717, 1.165) is 6.20 Å². The Morgan fingerprint density at radius 3 is 2.41 bits per heavy atom. The first-order valence-electron chi connectivity index (χ1n) is 6.21. The van der Waals surface area contributed by atoms with Gasteiger partial charge in [-0.1, -0.05) is 12.1 Å². The molecule has 22 heavy (non-hydrogen) atoms. The molecule has 2 heterocycles. The number of hydrogen-bond acceptors (Lipinski definition) is 3. The molecule has 0 aliphatic rings. The number of nitriles is 1. The third-order valence-corrected chi connectivity index (χ3v) is 3.11. The Hall–Kier alpha value is -3.01. The van der Waals surface area contributed by atoms with Crippen LogP contribution in [-0.2, 0) is 6.18 Å². The van der Waals surface area contributed by atoms with E-state index in [1.54, 1.807) is 24.3 Å². The minimum atomic E-state index is -4.55. The highest BCUT2D eigenvalue weighted by atomic mass is 19.4. The fourth-order valence-corrected chi connectivity index (χ4v) is 2.11. The van der Waals surface area contributed by atoms with E-state index in [9.17, 15) is 13.2 Å². The molecular formula is C15H8F3N3O. The third-order valence-electron chi connectivity index (χ3n) is 3.11. The van der Waals surface area contributed by atoms with Crippen LogP contribution in [0.1, 0.15) is 11.3 Å². The van der Waals surface area contributed by atoms with Crippen molar-refractivity contribution < 1.29 is 17.6 Å². The number of alkyl halides is 3. The van der Waals surface area contributed by atoms with Gasteiger partial charge in [0.1, 0.15) is 11.5 Å². The second kappa shape index (κ2) is 5.07. The molecule has 0 spiro atoms. The summed E-state index contributed by atoms with van der Waals surface area (Å²) in [5, 5.41) is 14.4. The first kappa shape index (κ1) is 13.9. The Bertz CT molecular complexity index is 855. The summed E-state index contributed by atoms with van der Waals surface area (Å²) in [6, 6.07) is 11.7. The van der Waals surface area contributed by atoms with Crippen molar-refractivity contribution in [3.8, 4) is 28.7 Å². The van der Waals surface area contributed by atoms with Crippen LogP contribution in [-0.4, -0.2) is 10.2 Å². The van der Waals surface area contributed by atoms with Crippen LogP contribution in [0.25, 0.3) is 22.6 Å². The van der Waals surface area contributed by atoms with E-state index >= 15 is 0 Å². The van der Waals surface area contributed by atoms with Gasteiger partial charge in [0.05, 0.1) is 23.4 Å². The van der Waals surface area contributed by atoms with Crippen molar-refractivity contribution in [3.63, 3.8) is 0 Å². The summed E-state index contributed by atoms with van der Waals surface area (Å²) in [6.45, 7) is 0. The van der Waals surface area contributed by atoms with E-state index in [1.807, 2.05) is 11.2 Å². The topological polar surface area (TPSA) is 65.6 Å². The third kappa shape index (κ3) is 2.35. The lowest BCUT2D eigenvalue weighted by Gasteiger charge is -2.05. The first-order chi connectivity index (χ1) is 10.5. The Labute approximate surface area is 122 Å². The maximum atomic E-state index is 12.9. The zero-order valence-corrected chi connectivity index (χ0v) is 11.0. The van der Waals surface area contributed by atoms with Crippen LogP contribution in [0.2, 0.25) is 0 Å². The molecule has 0 aliphatic carbocycles. The summed E-state index contributed by atoms with van der Waals surface area (Å²) in [5.41, 5.74) is -0.241. The van der Waals surface area contributed by atoms with Crippen molar-refractivity contribution in [3.05, 3.63) is 53.9 Å². The van der Waals surface area contributed by atoms with Crippen LogP contribution in [0.4, 0.5) is 13.2 Å². The molecule has 1 aromatic carbocycles. The van der Waals surface area contributed by atoms with Gasteiger partial charge in [0.15, 0.2) is 5.69 Å². The van der Waals surface area contributed by atoms with E-state index in [0.29, 0.717) is 16.9 Å². The number of halogens is 3. The van der Waals surface area contributed by atoms with Gasteiger partial charge in [-0.2, -0.15) is 23.5 Å². The number of rotatable bonds is 2. The highest BCUT2D eigenvalue weighted by Crippen LogP contribution is 2.37. The summed E-state index contributed by atoms with van der Waals surface area (Å²) in [7, 11) is 0. The average Bonchev–Trinajstić information content (AvgIpc) is 3.15. The number of hydrogen-bond donors (Lipinski definition) is 1. The van der Waals surface area contributed by atoms with Gasteiger partial charge in [0.25, 0.3) is 0 Å². The van der Waals surface area contributed by atoms with Crippen LogP contribution in [0, 0.1) is 11.3 Å². The SMILES string of the molecule is N#Cc1ccccc1-c1ccc(-c2cn[nH]c2C(F)(F)F)o1. The molecule has 0 unspecified atom stereocenters. The Balaban J connectivity index is 2.06. The van der Waals surface area contributed by atoms with Crippen molar-refractivity contribution in [1.82, 2.24) is 10.2 Å². The summed E-state index contributed by atoms with van der Waals surface area (Å²) in [4.78, 5) is 0. The number of nitrogens with zero attached hydrogens (tertiary/aromatic N) is 2. The number of aromatic amines is 1. The smallest absolute Gasteiger partial charge is 0.433 e. The number of benzene rings is 1. The molecule has 7 heteroatoms. The van der Waals surface area contributed by atoms with E-state index in [4.69, 9.17) is 9.68 Å². The van der Waals surface area contributed by atoms with Crippen LogP contribution in [0.3, 0.4) is 0 Å². The van der Waals surface area contributed by atoms with Gasteiger partial charge >= 0.3 is 6.18 Å². The van der Waals surface area contributed by atoms with E-state index < -0.39 is 11.9 Å². The van der Waals surface area contributed by atoms with Gasteiger partial charge in [-0.05, 0) is 24.3 Å². The van der Waals surface area contributed by atoms with Crippen molar-refractivity contribution in [1.29, 1.82) is 5.26 Å². The number of H-pyrrole nitrogens is 1. The van der Waals surface area contributed by atoms with Crippen molar-refractivity contribution in [2.24, 2.45) is 0 Å². The molecular weight excluding hydrogens is 295 g/mol. The Morgan fingerprint density at radius 1 is 1.05 bits per heavy atom. The molecule has 0 saturated carbocycles. The highest BCUT2D eigenvalue weighted by Gasteiger charge is 2.36. The summed E-state index contributed by atoms with van der Waals surface area (Å²) in [6.07, 6.45) is -3.50. The van der Waals surface area contributed by atoms with Gasteiger partial charge in [-0.3, -0.25) is 5.10 Å². The lowest BCUT2D eigenvalue weighted by atomic mass is 10.1. The van der Waals surface area contributed by atoms with E-state index in [2.05, 4.69) is 5.10 Å². The molecule has 0 amide bonds. The molecule has 0 aliphatic heterocycles. The van der Waals surface area contributed by atoms with E-state index in [1.165, 1.54) is 12.1 Å². The minimum absolute atomic E-state index is 0.0313. The van der Waals surface area contributed by atoms with Crippen LogP contribution in [0.15, 0.2) is 47.0 Å². The predicted octanol–water partition coefficient (Wildman–Crippen LogP) is 4.23. The molecule has 4 nitrogen and oxygen atoms in total. The van der Waals surface area contributed by atoms with Gasteiger partial charge in [0.2, 0.25) is 0 Å². The van der Waals surface area contributed by atoms with Gasteiger partial charge in [0, 0.05) is 5.56 Å². The largest absolute Gasteiger partial charge is 0.456 e. The van der Waals surface area contributed by atoms with Gasteiger partial charge in [-0.15, -0.1) is 0 Å². The predicted molar refractivity (Wildman–Crippen MR) is 71.4 cm³/mol. The maximum Gasteiger partial charge on any atom is 0.433 e. The second-order valence-corrected chi connectivity index (χ2v) is 4.48. The molecule has 3 aromatic rings. The summed E-state index contributed by atoms with van der Waals surface area (Å²) in [5.74, 6) is 0.352. The molecule has 0 radical (unpaired) electrons. The highest BCUT2D eigenvalue weighted by molar-refractivity contribution is 5.70. The van der Waals surface area contributed by atoms with Crippen molar-refractivity contribution in [2.75, 3.05) is 0 Å². The maximum absolute atomic E-state index is 12.9. The fraction of sp³-hybridized carbons (Fsp3) is 0.0667. The van der Waals surface area contributed by atoms with Crippen LogP contribution < -0.4 is 0 Å². The standard InChI is InChI=1S/C15H8F3N3O/c16-15(17,18)14-11(8-20-21-14)13-6-5-12(22-13)10-4-2-1-3-9(10)7-19/h1-6,8H,(H,20,21). The second-order valence-electron chi connectivity index (χ2n) is 4.48. The Kier molecular flexibility index (Phi) is 3.22. The molecule has 0 atom stereocenters. The quantitative estimate of drug-likeness (QED) is 0.770. The summed E-state index contributed by atoms with van der Waals surface area (Å²) < 4.78 is 44.1. The number of aromatic nitrogens is 2. The zero-order valence-electron chi connectivity index (χ0n) is 11.0. The monoisotopic (exact) mass is 303 g/mol. The molecule has 0 bridgehead atoms. The Morgan fingerprint density at radius 2 is 1.73 bits per heavy atom. The minimum Gasteiger partial charge on any atom is -0.456 e. The molecule has 1 N–H and O–H groups in total. The molecule has 0 fully saturated rings. The average molecular weight is 303 g/mol. The lowest BCUT2D eigenvalue weighted by molar-refractivity contribution is -0.140. The van der Waals surface area contributed by atoms with Gasteiger partial charge in [-0.25, -0.2) is 0 Å². The number of nitrogens with one attached hydrogen (secondary N) is 1. The van der Waals surface area contributed by atoms with E-state index in [-0.39, 0.29) is 11.3 Å². The van der Waals surface area contributed by atoms with Crippen LogP contribution in [0.5, 0.6) is 0 Å². The first-order valence-corrected chi connectivity index (χ1v) is 6.21. The van der Waals surface area contributed by atoms with Crippen molar-refractivity contribution >= 4 is 0 Å². The zero-order chi connectivity index (χ0) is 15.7.